The Morgan fingerprint density at radius 1 is 1.29 bits per heavy atom. The fraction of sp³-hybridized carbons (Fsp3) is 0.182. The molecular weight excluding hydrogens is 418 g/mol. The van der Waals surface area contributed by atoms with Crippen molar-refractivity contribution < 1.29 is 9.21 Å². The van der Waals surface area contributed by atoms with Crippen LogP contribution in [0.1, 0.15) is 48.0 Å². The summed E-state index contributed by atoms with van der Waals surface area (Å²) in [6.45, 7) is 4.33. The third kappa shape index (κ3) is 3.47. The number of nitrogens with zero attached hydrogens (tertiary/aromatic N) is 1. The number of para-hydroxylation sites is 1. The van der Waals surface area contributed by atoms with Gasteiger partial charge in [0, 0.05) is 32.0 Å². The number of rotatable bonds is 5. The van der Waals surface area contributed by atoms with E-state index in [4.69, 9.17) is 4.42 Å². The van der Waals surface area contributed by atoms with Crippen LogP contribution in [0.4, 0.5) is 0 Å². The van der Waals surface area contributed by atoms with Crippen LogP contribution in [0.5, 0.6) is 0 Å². The number of hydrogen-bond donors (Lipinski definition) is 2. The molecule has 28 heavy (non-hydrogen) atoms. The van der Waals surface area contributed by atoms with E-state index in [0.29, 0.717) is 11.5 Å². The Hall–Kier alpha value is -2.86. The van der Waals surface area contributed by atoms with Crippen LogP contribution in [0.15, 0.2) is 62.5 Å². The number of hydrogen-bond acceptors (Lipinski definition) is 3. The molecule has 0 saturated heterocycles. The fourth-order valence-corrected chi connectivity index (χ4v) is 3.63. The predicted octanol–water partition coefficient (Wildman–Crippen LogP) is 5.95. The molecule has 4 rings (SSSR count). The number of amides is 1. The molecule has 1 atom stereocenters. The summed E-state index contributed by atoms with van der Waals surface area (Å²) >= 11 is 3.42. The molecule has 0 aliphatic rings. The summed E-state index contributed by atoms with van der Waals surface area (Å²) in [7, 11) is 0. The average molecular weight is 438 g/mol. The molecular formula is C22H20BrN3O2. The van der Waals surface area contributed by atoms with E-state index >= 15 is 0 Å². The standard InChI is InChI=1S/C22H20BrN3O2/c1-3-13(2)21-17(16-6-4-5-7-18(16)25-21)12-24-26-22(27)20-11-14-10-15(23)8-9-19(14)28-20/h4-13,25H,3H2,1-2H3,(H,26,27)/b24-12+. The Labute approximate surface area is 170 Å². The highest BCUT2D eigenvalue weighted by Crippen LogP contribution is 2.28. The van der Waals surface area contributed by atoms with Gasteiger partial charge in [-0.15, -0.1) is 0 Å². The first-order valence-corrected chi connectivity index (χ1v) is 9.99. The molecule has 142 valence electrons. The highest BCUT2D eigenvalue weighted by atomic mass is 79.9. The summed E-state index contributed by atoms with van der Waals surface area (Å²) < 4.78 is 6.54. The van der Waals surface area contributed by atoms with Gasteiger partial charge in [0.05, 0.1) is 6.21 Å². The van der Waals surface area contributed by atoms with E-state index in [1.807, 2.05) is 36.4 Å². The predicted molar refractivity (Wildman–Crippen MR) is 116 cm³/mol. The van der Waals surface area contributed by atoms with Gasteiger partial charge >= 0.3 is 5.91 Å². The van der Waals surface area contributed by atoms with Crippen molar-refractivity contribution in [3.63, 3.8) is 0 Å². The number of aromatic amines is 1. The fourth-order valence-electron chi connectivity index (χ4n) is 3.25. The van der Waals surface area contributed by atoms with E-state index in [-0.39, 0.29) is 11.7 Å². The summed E-state index contributed by atoms with van der Waals surface area (Å²) in [4.78, 5) is 15.9. The lowest BCUT2D eigenvalue weighted by molar-refractivity contribution is 0.0929. The van der Waals surface area contributed by atoms with Gasteiger partial charge in [-0.2, -0.15) is 5.10 Å². The Balaban J connectivity index is 1.59. The maximum atomic E-state index is 12.4. The Kier molecular flexibility index (Phi) is 5.05. The minimum absolute atomic E-state index is 0.228. The topological polar surface area (TPSA) is 70.4 Å². The number of fused-ring (bicyclic) bond motifs is 2. The Morgan fingerprint density at radius 2 is 2.11 bits per heavy atom. The van der Waals surface area contributed by atoms with Gasteiger partial charge in [-0.25, -0.2) is 5.43 Å². The molecule has 0 aliphatic heterocycles. The van der Waals surface area contributed by atoms with E-state index in [2.05, 4.69) is 51.4 Å². The maximum absolute atomic E-state index is 12.4. The van der Waals surface area contributed by atoms with Crippen molar-refractivity contribution in [2.24, 2.45) is 5.10 Å². The zero-order valence-electron chi connectivity index (χ0n) is 15.6. The molecule has 0 saturated carbocycles. The number of nitrogens with one attached hydrogen (secondary N) is 2. The van der Waals surface area contributed by atoms with Crippen LogP contribution in [-0.2, 0) is 0 Å². The van der Waals surface area contributed by atoms with Gasteiger partial charge in [0.2, 0.25) is 0 Å². The van der Waals surface area contributed by atoms with Gasteiger partial charge in [0.25, 0.3) is 0 Å². The third-order valence-corrected chi connectivity index (χ3v) is 5.44. The van der Waals surface area contributed by atoms with E-state index < -0.39 is 0 Å². The first-order valence-electron chi connectivity index (χ1n) is 9.20. The van der Waals surface area contributed by atoms with Crippen molar-refractivity contribution in [2.45, 2.75) is 26.2 Å². The van der Waals surface area contributed by atoms with E-state index in [0.717, 1.165) is 38.4 Å². The van der Waals surface area contributed by atoms with Crippen LogP contribution >= 0.6 is 15.9 Å². The summed E-state index contributed by atoms with van der Waals surface area (Å²) in [5, 5.41) is 6.14. The number of H-pyrrole nitrogens is 1. The first-order chi connectivity index (χ1) is 13.6. The molecule has 0 radical (unpaired) electrons. The zero-order chi connectivity index (χ0) is 19.7. The summed E-state index contributed by atoms with van der Waals surface area (Å²) in [6.07, 6.45) is 2.71. The highest BCUT2D eigenvalue weighted by molar-refractivity contribution is 9.10. The van der Waals surface area contributed by atoms with Gasteiger partial charge in [0.15, 0.2) is 5.76 Å². The smallest absolute Gasteiger partial charge is 0.307 e. The lowest BCUT2D eigenvalue weighted by atomic mass is 10.0. The highest BCUT2D eigenvalue weighted by Gasteiger charge is 2.15. The van der Waals surface area contributed by atoms with Crippen LogP contribution in [0.25, 0.3) is 21.9 Å². The largest absolute Gasteiger partial charge is 0.451 e. The average Bonchev–Trinajstić information content (AvgIpc) is 3.28. The lowest BCUT2D eigenvalue weighted by Crippen LogP contribution is -2.16. The SMILES string of the molecule is CCC(C)c1[nH]c2ccccc2c1/C=N/NC(=O)c1cc2cc(Br)ccc2o1. The Morgan fingerprint density at radius 3 is 2.93 bits per heavy atom. The molecule has 0 fully saturated rings. The van der Waals surface area contributed by atoms with Crippen LogP contribution in [-0.4, -0.2) is 17.1 Å². The van der Waals surface area contributed by atoms with Crippen LogP contribution in [0.3, 0.4) is 0 Å². The van der Waals surface area contributed by atoms with E-state index in [1.54, 1.807) is 12.3 Å². The molecule has 2 heterocycles. The van der Waals surface area contributed by atoms with Crippen LogP contribution < -0.4 is 5.43 Å². The van der Waals surface area contributed by atoms with Crippen molar-refractivity contribution in [1.29, 1.82) is 0 Å². The van der Waals surface area contributed by atoms with Gasteiger partial charge in [-0.05, 0) is 42.7 Å². The summed E-state index contributed by atoms with van der Waals surface area (Å²) in [6, 6.07) is 15.4. The van der Waals surface area contributed by atoms with E-state index in [9.17, 15) is 4.79 Å². The number of aromatic nitrogens is 1. The molecule has 6 heteroatoms. The van der Waals surface area contributed by atoms with E-state index in [1.165, 1.54) is 0 Å². The second-order valence-electron chi connectivity index (χ2n) is 6.80. The molecule has 4 aromatic rings. The van der Waals surface area contributed by atoms with Crippen molar-refractivity contribution >= 4 is 49.9 Å². The molecule has 1 unspecified atom stereocenters. The number of carbonyl (C=O) groups excluding carboxylic acids is 1. The quantitative estimate of drug-likeness (QED) is 0.298. The van der Waals surface area contributed by atoms with Crippen molar-refractivity contribution in [1.82, 2.24) is 10.4 Å². The minimum atomic E-state index is -0.381. The molecule has 5 nitrogen and oxygen atoms in total. The molecule has 2 aromatic heterocycles. The summed E-state index contributed by atoms with van der Waals surface area (Å²) in [5.74, 6) is 0.207. The first kappa shape index (κ1) is 18.5. The number of hydrazone groups is 1. The monoisotopic (exact) mass is 437 g/mol. The number of carbonyl (C=O) groups is 1. The number of benzene rings is 2. The minimum Gasteiger partial charge on any atom is -0.451 e. The van der Waals surface area contributed by atoms with Gasteiger partial charge in [-0.3, -0.25) is 4.79 Å². The maximum Gasteiger partial charge on any atom is 0.307 e. The molecule has 2 aromatic carbocycles. The van der Waals surface area contributed by atoms with Crippen LogP contribution in [0.2, 0.25) is 0 Å². The van der Waals surface area contributed by atoms with Crippen molar-refractivity contribution in [3.05, 3.63) is 70.0 Å². The second kappa shape index (κ2) is 7.64. The van der Waals surface area contributed by atoms with Crippen molar-refractivity contribution in [3.8, 4) is 0 Å². The second-order valence-corrected chi connectivity index (χ2v) is 7.71. The van der Waals surface area contributed by atoms with Gasteiger partial charge in [-0.1, -0.05) is 48.0 Å². The zero-order valence-corrected chi connectivity index (χ0v) is 17.2. The number of furan rings is 1. The third-order valence-electron chi connectivity index (χ3n) is 4.94. The molecule has 0 bridgehead atoms. The molecule has 1 amide bonds. The Bertz CT molecular complexity index is 1190. The van der Waals surface area contributed by atoms with Crippen LogP contribution in [0, 0.1) is 0 Å². The van der Waals surface area contributed by atoms with Crippen molar-refractivity contribution in [2.75, 3.05) is 0 Å². The lowest BCUT2D eigenvalue weighted by Gasteiger charge is -2.07. The normalized spacial score (nSPS) is 12.8. The van der Waals surface area contributed by atoms with Gasteiger partial charge < -0.3 is 9.40 Å². The van der Waals surface area contributed by atoms with Gasteiger partial charge in [0.1, 0.15) is 5.58 Å². The molecule has 0 spiro atoms. The molecule has 0 aliphatic carbocycles. The molecule has 2 N–H and O–H groups in total. The summed E-state index contributed by atoms with van der Waals surface area (Å²) in [5.41, 5.74) is 6.42. The number of halogens is 1.